The summed E-state index contributed by atoms with van der Waals surface area (Å²) in [6, 6.07) is 1.80. The third-order valence-electron chi connectivity index (χ3n) is 1.22. The number of hydrogen-bond acceptors (Lipinski definition) is 2. The molecule has 1 heterocycles. The van der Waals surface area contributed by atoms with E-state index in [0.717, 1.165) is 12.0 Å². The van der Waals surface area contributed by atoms with Gasteiger partial charge in [0.2, 0.25) is 0 Å². The molecule has 0 bridgehead atoms. The monoisotopic (exact) mass is 148 g/mol. The zero-order valence-corrected chi connectivity index (χ0v) is 6.24. The Morgan fingerprint density at radius 3 is 3.18 bits per heavy atom. The van der Waals surface area contributed by atoms with Crippen LogP contribution in [0.25, 0.3) is 0 Å². The molecule has 0 aromatic carbocycles. The third-order valence-corrected chi connectivity index (χ3v) is 1.22. The second-order valence-electron chi connectivity index (χ2n) is 2.01. The Kier molecular flexibility index (Phi) is 2.45. The molecule has 56 valence electrons. The lowest BCUT2D eigenvalue weighted by Crippen LogP contribution is -1.92. The fraction of sp³-hybridized carbons (Fsp3) is 0.250. The highest BCUT2D eigenvalue weighted by atomic mass is 16.1. The molecule has 0 spiro atoms. The molecule has 0 radical (unpaired) electrons. The Balaban J connectivity index is 2.72. The van der Waals surface area contributed by atoms with Gasteiger partial charge in [0.05, 0.1) is 12.6 Å². The van der Waals surface area contributed by atoms with Gasteiger partial charge < -0.3 is 4.79 Å². The van der Waals surface area contributed by atoms with Gasteiger partial charge in [-0.2, -0.15) is 5.10 Å². The molecule has 0 atom stereocenters. The quantitative estimate of drug-likeness (QED) is 0.425. The molecular formula is C8H8N2O. The molecule has 0 saturated heterocycles. The van der Waals surface area contributed by atoms with Gasteiger partial charge in [-0.15, -0.1) is 0 Å². The first kappa shape index (κ1) is 7.55. The van der Waals surface area contributed by atoms with Crippen molar-refractivity contribution in [2.75, 3.05) is 0 Å². The predicted molar refractivity (Wildman–Crippen MR) is 40.8 cm³/mol. The van der Waals surface area contributed by atoms with Crippen LogP contribution in [0.5, 0.6) is 0 Å². The molecular weight excluding hydrogens is 140 g/mol. The first-order chi connectivity index (χ1) is 5.34. The second-order valence-corrected chi connectivity index (χ2v) is 2.01. The minimum absolute atomic E-state index is 0.283. The van der Waals surface area contributed by atoms with Crippen LogP contribution in [0, 0.1) is 11.8 Å². The molecule has 0 aliphatic carbocycles. The van der Waals surface area contributed by atoms with Gasteiger partial charge in [0.25, 0.3) is 0 Å². The molecule has 0 aliphatic heterocycles. The van der Waals surface area contributed by atoms with E-state index in [1.807, 2.05) is 7.05 Å². The van der Waals surface area contributed by atoms with E-state index in [9.17, 15) is 4.79 Å². The lowest BCUT2D eigenvalue weighted by molar-refractivity contribution is -0.107. The highest BCUT2D eigenvalue weighted by Gasteiger charge is 1.89. The maximum Gasteiger partial charge on any atom is 0.131 e. The van der Waals surface area contributed by atoms with Crippen LogP contribution in [-0.4, -0.2) is 16.1 Å². The van der Waals surface area contributed by atoms with Gasteiger partial charge in [-0.3, -0.25) is 4.68 Å². The smallest absolute Gasteiger partial charge is 0.131 e. The van der Waals surface area contributed by atoms with Crippen LogP contribution < -0.4 is 0 Å². The molecule has 0 saturated carbocycles. The van der Waals surface area contributed by atoms with Gasteiger partial charge in [-0.1, -0.05) is 5.92 Å². The summed E-state index contributed by atoms with van der Waals surface area (Å²) in [7, 11) is 1.81. The van der Waals surface area contributed by atoms with Crippen molar-refractivity contribution in [1.82, 2.24) is 9.78 Å². The van der Waals surface area contributed by atoms with E-state index >= 15 is 0 Å². The molecule has 3 heteroatoms. The lowest BCUT2D eigenvalue weighted by atomic mass is 10.4. The van der Waals surface area contributed by atoms with E-state index in [4.69, 9.17) is 0 Å². The SMILES string of the molecule is Cn1nccc1C#CCC=O. The van der Waals surface area contributed by atoms with Gasteiger partial charge in [0.15, 0.2) is 0 Å². The fourth-order valence-corrected chi connectivity index (χ4v) is 0.680. The number of carbonyl (C=O) groups excluding carboxylic acids is 1. The summed E-state index contributed by atoms with van der Waals surface area (Å²) in [4.78, 5) is 9.89. The van der Waals surface area contributed by atoms with E-state index in [-0.39, 0.29) is 6.42 Å². The van der Waals surface area contributed by atoms with Crippen LogP contribution >= 0.6 is 0 Å². The Morgan fingerprint density at radius 1 is 1.82 bits per heavy atom. The van der Waals surface area contributed by atoms with Gasteiger partial charge in [0.1, 0.15) is 12.0 Å². The number of nitrogens with zero attached hydrogens (tertiary/aromatic N) is 2. The van der Waals surface area contributed by atoms with Crippen LogP contribution in [0.3, 0.4) is 0 Å². The fourth-order valence-electron chi connectivity index (χ4n) is 0.680. The molecule has 0 N–H and O–H groups in total. The maximum absolute atomic E-state index is 9.89. The highest BCUT2D eigenvalue weighted by molar-refractivity contribution is 5.54. The van der Waals surface area contributed by atoms with Crippen molar-refractivity contribution in [2.24, 2.45) is 7.05 Å². The van der Waals surface area contributed by atoms with Gasteiger partial charge >= 0.3 is 0 Å². The third kappa shape index (κ3) is 1.94. The summed E-state index contributed by atoms with van der Waals surface area (Å²) in [6.45, 7) is 0. The zero-order chi connectivity index (χ0) is 8.10. The van der Waals surface area contributed by atoms with Crippen molar-refractivity contribution >= 4 is 6.29 Å². The predicted octanol–water partition coefficient (Wildman–Crippen LogP) is 0.361. The number of hydrogen-bond donors (Lipinski definition) is 0. The van der Waals surface area contributed by atoms with E-state index in [1.54, 1.807) is 16.9 Å². The topological polar surface area (TPSA) is 34.9 Å². The summed E-state index contributed by atoms with van der Waals surface area (Å²) in [5, 5.41) is 3.92. The van der Waals surface area contributed by atoms with Crippen LogP contribution in [0.15, 0.2) is 12.3 Å². The molecule has 1 aromatic heterocycles. The van der Waals surface area contributed by atoms with Gasteiger partial charge in [-0.05, 0) is 12.0 Å². The summed E-state index contributed by atoms with van der Waals surface area (Å²) in [6.07, 6.45) is 2.74. The molecule has 0 aliphatic rings. The van der Waals surface area contributed by atoms with Crippen LogP contribution in [0.2, 0.25) is 0 Å². The average Bonchev–Trinajstić information content (AvgIpc) is 2.37. The average molecular weight is 148 g/mol. The largest absolute Gasteiger partial charge is 0.302 e. The molecule has 0 unspecified atom stereocenters. The summed E-state index contributed by atoms with van der Waals surface area (Å²) in [5.41, 5.74) is 0.826. The molecule has 0 fully saturated rings. The maximum atomic E-state index is 9.89. The second kappa shape index (κ2) is 3.57. The van der Waals surface area contributed by atoms with Crippen molar-refractivity contribution < 1.29 is 4.79 Å². The molecule has 11 heavy (non-hydrogen) atoms. The summed E-state index contributed by atoms with van der Waals surface area (Å²) >= 11 is 0. The highest BCUT2D eigenvalue weighted by Crippen LogP contribution is 1.91. The Bertz CT molecular complexity index is 303. The molecule has 3 nitrogen and oxygen atoms in total. The first-order valence-corrected chi connectivity index (χ1v) is 3.25. The van der Waals surface area contributed by atoms with Crippen molar-refractivity contribution in [3.8, 4) is 11.8 Å². The minimum Gasteiger partial charge on any atom is -0.302 e. The van der Waals surface area contributed by atoms with Crippen molar-refractivity contribution in [3.63, 3.8) is 0 Å². The van der Waals surface area contributed by atoms with Crippen LogP contribution in [0.1, 0.15) is 12.1 Å². The molecule has 1 rings (SSSR count). The Morgan fingerprint density at radius 2 is 2.64 bits per heavy atom. The van der Waals surface area contributed by atoms with Crippen molar-refractivity contribution in [1.29, 1.82) is 0 Å². The Labute approximate surface area is 65.0 Å². The number of aldehydes is 1. The lowest BCUT2D eigenvalue weighted by Gasteiger charge is -1.87. The van der Waals surface area contributed by atoms with E-state index < -0.39 is 0 Å². The first-order valence-electron chi connectivity index (χ1n) is 3.25. The normalized spacial score (nSPS) is 8.45. The summed E-state index contributed by atoms with van der Waals surface area (Å²) in [5.74, 6) is 5.51. The van der Waals surface area contributed by atoms with Crippen LogP contribution in [-0.2, 0) is 11.8 Å². The van der Waals surface area contributed by atoms with E-state index in [0.29, 0.717) is 0 Å². The van der Waals surface area contributed by atoms with Gasteiger partial charge in [0, 0.05) is 7.05 Å². The standard InChI is InChI=1S/C8H8N2O/c1-10-8(5-6-9-10)4-2-3-7-11/h5-7H,3H2,1H3. The number of rotatable bonds is 1. The molecule has 1 aromatic rings. The number of aromatic nitrogens is 2. The van der Waals surface area contributed by atoms with Crippen LogP contribution in [0.4, 0.5) is 0 Å². The van der Waals surface area contributed by atoms with E-state index in [2.05, 4.69) is 16.9 Å². The number of aryl methyl sites for hydroxylation is 1. The molecule has 0 amide bonds. The van der Waals surface area contributed by atoms with Crippen molar-refractivity contribution in [3.05, 3.63) is 18.0 Å². The van der Waals surface area contributed by atoms with Gasteiger partial charge in [-0.25, -0.2) is 0 Å². The van der Waals surface area contributed by atoms with Crippen molar-refractivity contribution in [2.45, 2.75) is 6.42 Å². The van der Waals surface area contributed by atoms with E-state index in [1.165, 1.54) is 0 Å². The zero-order valence-electron chi connectivity index (χ0n) is 6.24. The Hall–Kier alpha value is -1.56. The summed E-state index contributed by atoms with van der Waals surface area (Å²) < 4.78 is 1.66. The minimum atomic E-state index is 0.283. The number of carbonyl (C=O) groups is 1.